The van der Waals surface area contributed by atoms with Crippen LogP contribution in [0.3, 0.4) is 0 Å². The first-order chi connectivity index (χ1) is 18.0. The van der Waals surface area contributed by atoms with Crippen molar-refractivity contribution in [3.05, 3.63) is 121 Å². The van der Waals surface area contributed by atoms with Crippen LogP contribution in [0, 0.1) is 0 Å². The maximum absolute atomic E-state index is 13.8. The Hall–Kier alpha value is -3.88. The predicted molar refractivity (Wildman–Crippen MR) is 150 cm³/mol. The zero-order chi connectivity index (χ0) is 25.9. The van der Waals surface area contributed by atoms with Gasteiger partial charge >= 0.3 is 0 Å². The van der Waals surface area contributed by atoms with E-state index in [1.54, 1.807) is 23.4 Å². The molecule has 1 aliphatic heterocycles. The van der Waals surface area contributed by atoms with E-state index in [0.29, 0.717) is 32.0 Å². The quantitative estimate of drug-likeness (QED) is 0.372. The van der Waals surface area contributed by atoms with E-state index in [0.717, 1.165) is 16.0 Å². The number of thiazole rings is 1. The van der Waals surface area contributed by atoms with Crippen molar-refractivity contribution < 1.29 is 9.53 Å². The summed E-state index contributed by atoms with van der Waals surface area (Å²) in [6.07, 6.45) is 3.90. The number of methoxy groups -OCH3 is 1. The van der Waals surface area contributed by atoms with E-state index in [4.69, 9.17) is 9.73 Å². The predicted octanol–water partition coefficient (Wildman–Crippen LogP) is 4.60. The Morgan fingerprint density at radius 3 is 2.41 bits per heavy atom. The summed E-state index contributed by atoms with van der Waals surface area (Å²) in [6, 6.07) is 24.1. The van der Waals surface area contributed by atoms with Gasteiger partial charge < -0.3 is 10.1 Å². The summed E-state index contributed by atoms with van der Waals surface area (Å²) in [7, 11) is 1.60. The van der Waals surface area contributed by atoms with Gasteiger partial charge in [-0.15, -0.1) is 11.8 Å². The number of carbonyl (C=O) groups is 1. The minimum absolute atomic E-state index is 0.184. The van der Waals surface area contributed by atoms with Gasteiger partial charge in [0.2, 0.25) is 0 Å². The van der Waals surface area contributed by atoms with Gasteiger partial charge in [0.05, 0.1) is 29.0 Å². The molecule has 6 nitrogen and oxygen atoms in total. The molecule has 4 aromatic rings. The average molecular weight is 528 g/mol. The molecule has 8 heteroatoms. The lowest BCUT2D eigenvalue weighted by Crippen LogP contribution is -2.40. The van der Waals surface area contributed by atoms with Crippen molar-refractivity contribution in [2.24, 2.45) is 4.99 Å². The fraction of sp³-hybridized carbons (Fsp3) is 0.138. The molecule has 0 radical (unpaired) electrons. The highest BCUT2D eigenvalue weighted by Crippen LogP contribution is 2.31. The van der Waals surface area contributed by atoms with Crippen LogP contribution in [0.2, 0.25) is 0 Å². The Kier molecular flexibility index (Phi) is 7.12. The summed E-state index contributed by atoms with van der Waals surface area (Å²) in [5.41, 5.74) is 3.22. The average Bonchev–Trinajstić information content (AvgIpc) is 3.23. The molecule has 2 heterocycles. The van der Waals surface area contributed by atoms with Crippen molar-refractivity contribution in [1.29, 1.82) is 0 Å². The van der Waals surface area contributed by atoms with Crippen molar-refractivity contribution in [1.82, 2.24) is 4.57 Å². The van der Waals surface area contributed by atoms with Gasteiger partial charge in [0.1, 0.15) is 5.75 Å². The van der Waals surface area contributed by atoms with Crippen LogP contribution in [0.15, 0.2) is 105 Å². The maximum atomic E-state index is 13.8. The van der Waals surface area contributed by atoms with Crippen molar-refractivity contribution in [2.45, 2.75) is 17.9 Å². The van der Waals surface area contributed by atoms with Crippen LogP contribution in [0.25, 0.3) is 6.08 Å². The monoisotopic (exact) mass is 527 g/mol. The second kappa shape index (κ2) is 10.6. The zero-order valence-electron chi connectivity index (χ0n) is 20.6. The van der Waals surface area contributed by atoms with Gasteiger partial charge in [0.25, 0.3) is 11.5 Å². The fourth-order valence-electron chi connectivity index (χ4n) is 4.28. The highest BCUT2D eigenvalue weighted by molar-refractivity contribution is 7.98. The van der Waals surface area contributed by atoms with E-state index in [9.17, 15) is 9.59 Å². The number of thioether (sulfide) groups is 1. The molecule has 0 unspecified atom stereocenters. The normalized spacial score (nSPS) is 15.2. The lowest BCUT2D eigenvalue weighted by Gasteiger charge is -2.25. The summed E-state index contributed by atoms with van der Waals surface area (Å²) >= 11 is 3.00. The third kappa shape index (κ3) is 5.03. The van der Waals surface area contributed by atoms with E-state index < -0.39 is 6.04 Å². The third-order valence-electron chi connectivity index (χ3n) is 6.14. The van der Waals surface area contributed by atoms with Gasteiger partial charge in [-0.25, -0.2) is 4.99 Å². The van der Waals surface area contributed by atoms with Crippen molar-refractivity contribution >= 4 is 40.8 Å². The van der Waals surface area contributed by atoms with Gasteiger partial charge in [-0.05, 0) is 66.8 Å². The molecule has 0 bridgehead atoms. The Bertz CT molecular complexity index is 1650. The van der Waals surface area contributed by atoms with Gasteiger partial charge in [0, 0.05) is 10.6 Å². The highest BCUT2D eigenvalue weighted by atomic mass is 32.2. The number of allylic oxidation sites excluding steroid dienone is 1. The van der Waals surface area contributed by atoms with Crippen LogP contribution < -0.4 is 24.9 Å². The summed E-state index contributed by atoms with van der Waals surface area (Å²) < 4.78 is 7.52. The molecular weight excluding hydrogens is 502 g/mol. The fourth-order valence-corrected chi connectivity index (χ4v) is 5.74. The molecule has 0 saturated carbocycles. The van der Waals surface area contributed by atoms with E-state index >= 15 is 0 Å². The third-order valence-corrected chi connectivity index (χ3v) is 7.87. The Labute approximate surface area is 222 Å². The first-order valence-electron chi connectivity index (χ1n) is 11.7. The number of nitrogens with one attached hydrogen (secondary N) is 1. The minimum atomic E-state index is -0.633. The van der Waals surface area contributed by atoms with E-state index in [1.807, 2.05) is 98.1 Å². The highest BCUT2D eigenvalue weighted by Gasteiger charge is 2.32. The molecular formula is C29H25N3O3S2. The zero-order valence-corrected chi connectivity index (χ0v) is 22.2. The van der Waals surface area contributed by atoms with Crippen molar-refractivity contribution in [3.63, 3.8) is 0 Å². The number of hydrogen-bond donors (Lipinski definition) is 1. The summed E-state index contributed by atoms with van der Waals surface area (Å²) in [5, 5.41) is 2.97. The second-order valence-electron chi connectivity index (χ2n) is 8.45. The number of anilines is 1. The molecule has 0 aliphatic carbocycles. The van der Waals surface area contributed by atoms with Gasteiger partial charge in [-0.1, -0.05) is 53.8 Å². The SMILES string of the molecule is COc1ccc([C@@H]2C(C(=O)Nc3ccccc3)=C(C)N=c3s/c(=C/c4ccc(SC)cc4)c(=O)n32)cc1. The number of benzene rings is 3. The Morgan fingerprint density at radius 2 is 1.76 bits per heavy atom. The molecule has 1 N–H and O–H groups in total. The first kappa shape index (κ1) is 24.8. The molecule has 1 atom stereocenters. The van der Waals surface area contributed by atoms with Crippen LogP contribution in [0.4, 0.5) is 5.69 Å². The lowest BCUT2D eigenvalue weighted by molar-refractivity contribution is -0.113. The van der Waals surface area contributed by atoms with Gasteiger partial charge in [0.15, 0.2) is 4.80 Å². The summed E-state index contributed by atoms with van der Waals surface area (Å²) in [4.78, 5) is 33.8. The molecule has 3 aromatic carbocycles. The molecule has 1 aliphatic rings. The summed E-state index contributed by atoms with van der Waals surface area (Å²) in [5.74, 6) is 0.399. The van der Waals surface area contributed by atoms with E-state index in [-0.39, 0.29) is 11.5 Å². The topological polar surface area (TPSA) is 72.7 Å². The second-order valence-corrected chi connectivity index (χ2v) is 10.3. The van der Waals surface area contributed by atoms with Crippen LogP contribution >= 0.6 is 23.1 Å². The molecule has 0 fully saturated rings. The van der Waals surface area contributed by atoms with Crippen molar-refractivity contribution in [3.8, 4) is 5.75 Å². The molecule has 1 amide bonds. The number of para-hydroxylation sites is 1. The molecule has 5 rings (SSSR count). The summed E-state index contributed by atoms with van der Waals surface area (Å²) in [6.45, 7) is 1.81. The molecule has 37 heavy (non-hydrogen) atoms. The van der Waals surface area contributed by atoms with Crippen LogP contribution in [-0.4, -0.2) is 23.8 Å². The number of hydrogen-bond acceptors (Lipinski definition) is 6. The van der Waals surface area contributed by atoms with Gasteiger partial charge in [-0.3, -0.25) is 14.2 Å². The Balaban J connectivity index is 1.65. The van der Waals surface area contributed by atoms with Crippen molar-refractivity contribution in [2.75, 3.05) is 18.7 Å². The minimum Gasteiger partial charge on any atom is -0.497 e. The smallest absolute Gasteiger partial charge is 0.271 e. The lowest BCUT2D eigenvalue weighted by atomic mass is 9.95. The number of rotatable bonds is 6. The molecule has 186 valence electrons. The van der Waals surface area contributed by atoms with E-state index in [1.165, 1.54) is 11.3 Å². The van der Waals surface area contributed by atoms with Crippen LogP contribution in [0.5, 0.6) is 5.75 Å². The molecule has 0 spiro atoms. The maximum Gasteiger partial charge on any atom is 0.271 e. The van der Waals surface area contributed by atoms with Gasteiger partial charge in [-0.2, -0.15) is 0 Å². The number of fused-ring (bicyclic) bond motifs is 1. The number of carbonyl (C=O) groups excluding carboxylic acids is 1. The number of aromatic nitrogens is 1. The number of ether oxygens (including phenoxy) is 1. The van der Waals surface area contributed by atoms with Crippen LogP contribution in [-0.2, 0) is 4.79 Å². The first-order valence-corrected chi connectivity index (χ1v) is 13.7. The largest absolute Gasteiger partial charge is 0.497 e. The Morgan fingerprint density at radius 1 is 1.05 bits per heavy atom. The van der Waals surface area contributed by atoms with Crippen LogP contribution in [0.1, 0.15) is 24.1 Å². The number of amides is 1. The molecule has 1 aromatic heterocycles. The standard InChI is InChI=1S/C29H25N3O3S2/c1-18-25(27(33)31-21-7-5-4-6-8-21)26(20-11-13-22(35-2)14-12-20)32-28(34)24(37-29(32)30-18)17-19-9-15-23(36-3)16-10-19/h4-17,26H,1-3H3,(H,31,33)/b24-17+/t26-/m1/s1. The number of nitrogens with zero attached hydrogens (tertiary/aromatic N) is 2. The van der Waals surface area contributed by atoms with E-state index in [2.05, 4.69) is 5.32 Å². The molecule has 0 saturated heterocycles.